The predicted molar refractivity (Wildman–Crippen MR) is 68.6 cm³/mol. The molecule has 0 aromatic rings. The van der Waals surface area contributed by atoms with Crippen LogP contribution in [0.3, 0.4) is 0 Å². The standard InChI is InChI=1S/C12H24N2S/c1-2-7-14(8-3-1)9-4-6-13-12-5-10-15-11-12/h12-13H,1-11H2. The van der Waals surface area contributed by atoms with E-state index < -0.39 is 0 Å². The quantitative estimate of drug-likeness (QED) is 0.724. The third-order valence-corrected chi connectivity index (χ3v) is 4.62. The van der Waals surface area contributed by atoms with Crippen molar-refractivity contribution in [1.29, 1.82) is 0 Å². The number of likely N-dealkylation sites (tertiary alicyclic amines) is 1. The van der Waals surface area contributed by atoms with E-state index in [2.05, 4.69) is 22.0 Å². The van der Waals surface area contributed by atoms with Crippen molar-refractivity contribution in [1.82, 2.24) is 10.2 Å². The number of hydrogen-bond acceptors (Lipinski definition) is 3. The lowest BCUT2D eigenvalue weighted by atomic mass is 10.1. The zero-order valence-corrected chi connectivity index (χ0v) is 10.5. The Bertz CT molecular complexity index is 163. The van der Waals surface area contributed by atoms with Crippen molar-refractivity contribution in [2.45, 2.75) is 38.1 Å². The molecule has 0 aromatic carbocycles. The Hall–Kier alpha value is 0.270. The lowest BCUT2D eigenvalue weighted by molar-refractivity contribution is 0.225. The molecule has 0 bridgehead atoms. The van der Waals surface area contributed by atoms with Crippen LogP contribution in [0.25, 0.3) is 0 Å². The summed E-state index contributed by atoms with van der Waals surface area (Å²) >= 11 is 2.10. The van der Waals surface area contributed by atoms with Crippen LogP contribution in [0.1, 0.15) is 32.1 Å². The van der Waals surface area contributed by atoms with Crippen molar-refractivity contribution in [2.24, 2.45) is 0 Å². The van der Waals surface area contributed by atoms with Gasteiger partial charge >= 0.3 is 0 Å². The van der Waals surface area contributed by atoms with E-state index in [0.717, 1.165) is 6.04 Å². The first-order valence-electron chi connectivity index (χ1n) is 6.48. The topological polar surface area (TPSA) is 15.3 Å². The van der Waals surface area contributed by atoms with Crippen molar-refractivity contribution in [3.8, 4) is 0 Å². The zero-order chi connectivity index (χ0) is 10.3. The fraction of sp³-hybridized carbons (Fsp3) is 1.00. The molecule has 3 heteroatoms. The smallest absolute Gasteiger partial charge is 0.0166 e. The summed E-state index contributed by atoms with van der Waals surface area (Å²) in [5.74, 6) is 2.70. The van der Waals surface area contributed by atoms with E-state index in [-0.39, 0.29) is 0 Å². The van der Waals surface area contributed by atoms with Gasteiger partial charge < -0.3 is 10.2 Å². The number of rotatable bonds is 5. The minimum Gasteiger partial charge on any atom is -0.313 e. The van der Waals surface area contributed by atoms with Crippen molar-refractivity contribution in [2.75, 3.05) is 37.7 Å². The monoisotopic (exact) mass is 228 g/mol. The molecule has 0 spiro atoms. The van der Waals surface area contributed by atoms with Crippen molar-refractivity contribution in [3.63, 3.8) is 0 Å². The number of nitrogens with one attached hydrogen (secondary N) is 1. The van der Waals surface area contributed by atoms with Crippen molar-refractivity contribution in [3.05, 3.63) is 0 Å². The summed E-state index contributed by atoms with van der Waals surface area (Å²) in [6, 6.07) is 0.816. The van der Waals surface area contributed by atoms with Gasteiger partial charge in [-0.15, -0.1) is 0 Å². The molecule has 2 saturated heterocycles. The molecule has 2 aliphatic rings. The molecule has 0 amide bonds. The zero-order valence-electron chi connectivity index (χ0n) is 9.71. The van der Waals surface area contributed by atoms with E-state index in [1.165, 1.54) is 69.8 Å². The van der Waals surface area contributed by atoms with E-state index >= 15 is 0 Å². The summed E-state index contributed by atoms with van der Waals surface area (Å²) in [5, 5.41) is 3.67. The highest BCUT2D eigenvalue weighted by atomic mass is 32.2. The maximum atomic E-state index is 3.67. The highest BCUT2D eigenvalue weighted by molar-refractivity contribution is 7.99. The van der Waals surface area contributed by atoms with Gasteiger partial charge in [-0.25, -0.2) is 0 Å². The van der Waals surface area contributed by atoms with Gasteiger partial charge in [-0.3, -0.25) is 0 Å². The predicted octanol–water partition coefficient (Wildman–Crippen LogP) is 1.96. The van der Waals surface area contributed by atoms with Crippen LogP contribution in [0.2, 0.25) is 0 Å². The average molecular weight is 228 g/mol. The van der Waals surface area contributed by atoms with Crippen molar-refractivity contribution < 1.29 is 0 Å². The normalized spacial score (nSPS) is 28.4. The van der Waals surface area contributed by atoms with Gasteiger partial charge in [0.05, 0.1) is 0 Å². The number of hydrogen-bond donors (Lipinski definition) is 1. The van der Waals surface area contributed by atoms with E-state index in [9.17, 15) is 0 Å². The van der Waals surface area contributed by atoms with E-state index in [0.29, 0.717) is 0 Å². The molecule has 0 saturated carbocycles. The molecule has 2 fully saturated rings. The van der Waals surface area contributed by atoms with Crippen LogP contribution in [0, 0.1) is 0 Å². The summed E-state index contributed by atoms with van der Waals surface area (Å²) in [4.78, 5) is 2.63. The first-order valence-corrected chi connectivity index (χ1v) is 7.64. The second-order valence-electron chi connectivity index (χ2n) is 4.77. The lowest BCUT2D eigenvalue weighted by Gasteiger charge is -2.26. The van der Waals surface area contributed by atoms with Gasteiger partial charge in [0.25, 0.3) is 0 Å². The Morgan fingerprint density at radius 1 is 1.20 bits per heavy atom. The first-order chi connectivity index (χ1) is 7.45. The Balaban J connectivity index is 1.47. The second-order valence-corrected chi connectivity index (χ2v) is 5.92. The van der Waals surface area contributed by atoms with Gasteiger partial charge in [-0.2, -0.15) is 11.8 Å². The third kappa shape index (κ3) is 4.33. The molecule has 2 aliphatic heterocycles. The van der Waals surface area contributed by atoms with Crippen LogP contribution in [0.15, 0.2) is 0 Å². The van der Waals surface area contributed by atoms with Crippen LogP contribution in [-0.2, 0) is 0 Å². The first kappa shape index (κ1) is 11.7. The molecule has 2 heterocycles. The minimum absolute atomic E-state index is 0.816. The highest BCUT2D eigenvalue weighted by Gasteiger charge is 2.14. The van der Waals surface area contributed by atoms with E-state index in [1.807, 2.05) is 0 Å². The average Bonchev–Trinajstić information content (AvgIpc) is 2.79. The van der Waals surface area contributed by atoms with Gasteiger partial charge in [-0.05, 0) is 57.6 Å². The molecule has 1 atom stereocenters. The highest BCUT2D eigenvalue weighted by Crippen LogP contribution is 2.16. The van der Waals surface area contributed by atoms with Crippen LogP contribution >= 0.6 is 11.8 Å². The Morgan fingerprint density at radius 2 is 2.07 bits per heavy atom. The minimum atomic E-state index is 0.816. The molecule has 1 unspecified atom stereocenters. The fourth-order valence-corrected chi connectivity index (χ4v) is 3.67. The van der Waals surface area contributed by atoms with Crippen LogP contribution < -0.4 is 5.32 Å². The van der Waals surface area contributed by atoms with Gasteiger partial charge in [-0.1, -0.05) is 6.42 Å². The summed E-state index contributed by atoms with van der Waals surface area (Å²) < 4.78 is 0. The molecular formula is C12H24N2S. The molecule has 1 N–H and O–H groups in total. The maximum Gasteiger partial charge on any atom is 0.0166 e. The van der Waals surface area contributed by atoms with Crippen LogP contribution in [-0.4, -0.2) is 48.6 Å². The molecule has 2 nitrogen and oxygen atoms in total. The molecule has 88 valence electrons. The number of thioether (sulfide) groups is 1. The lowest BCUT2D eigenvalue weighted by Crippen LogP contribution is -2.34. The number of nitrogens with zero attached hydrogens (tertiary/aromatic N) is 1. The summed E-state index contributed by atoms with van der Waals surface area (Å²) in [5.41, 5.74) is 0. The SMILES string of the molecule is C1CCN(CCCNC2CCSC2)CC1. The van der Waals surface area contributed by atoms with Crippen LogP contribution in [0.5, 0.6) is 0 Å². The van der Waals surface area contributed by atoms with Gasteiger partial charge in [0.2, 0.25) is 0 Å². The maximum absolute atomic E-state index is 3.67. The van der Waals surface area contributed by atoms with Gasteiger partial charge in [0.1, 0.15) is 0 Å². The van der Waals surface area contributed by atoms with E-state index in [1.54, 1.807) is 0 Å². The summed E-state index contributed by atoms with van der Waals surface area (Å²) in [6.07, 6.45) is 7.02. The summed E-state index contributed by atoms with van der Waals surface area (Å²) in [6.45, 7) is 5.23. The van der Waals surface area contributed by atoms with Gasteiger partial charge in [0, 0.05) is 11.8 Å². The summed E-state index contributed by atoms with van der Waals surface area (Å²) in [7, 11) is 0. The molecule has 15 heavy (non-hydrogen) atoms. The largest absolute Gasteiger partial charge is 0.313 e. The molecular weight excluding hydrogens is 204 g/mol. The Morgan fingerprint density at radius 3 is 2.80 bits per heavy atom. The molecule has 0 aromatic heterocycles. The number of piperidine rings is 1. The second kappa shape index (κ2) is 6.77. The Kier molecular flexibility index (Phi) is 5.30. The third-order valence-electron chi connectivity index (χ3n) is 3.46. The molecule has 0 radical (unpaired) electrons. The van der Waals surface area contributed by atoms with Crippen molar-refractivity contribution >= 4 is 11.8 Å². The van der Waals surface area contributed by atoms with Crippen LogP contribution in [0.4, 0.5) is 0 Å². The molecule has 0 aliphatic carbocycles. The molecule has 2 rings (SSSR count). The Labute approximate surface area is 98.2 Å². The van der Waals surface area contributed by atoms with E-state index in [4.69, 9.17) is 0 Å². The van der Waals surface area contributed by atoms with Gasteiger partial charge in [0.15, 0.2) is 0 Å². The fourth-order valence-electron chi connectivity index (χ4n) is 2.49.